The van der Waals surface area contributed by atoms with E-state index in [1.807, 2.05) is 63.2 Å². The van der Waals surface area contributed by atoms with Crippen molar-refractivity contribution in [3.63, 3.8) is 0 Å². The normalized spacial score (nSPS) is 12.8. The molecule has 3 aromatic rings. The highest BCUT2D eigenvalue weighted by Gasteiger charge is 2.20. The number of benzene rings is 2. The molecule has 1 aromatic heterocycles. The smallest absolute Gasteiger partial charge is 0.335 e. The quantitative estimate of drug-likeness (QED) is 0.667. The van der Waals surface area contributed by atoms with Crippen molar-refractivity contribution in [3.05, 3.63) is 92.1 Å². The summed E-state index contributed by atoms with van der Waals surface area (Å²) >= 11 is 0. The number of aliphatic imine (C=N–C) groups is 1. The molecule has 2 aromatic carbocycles. The molecule has 0 bridgehead atoms. The molecular weight excluding hydrogens is 354 g/mol. The van der Waals surface area contributed by atoms with Crippen molar-refractivity contribution in [1.29, 1.82) is 0 Å². The van der Waals surface area contributed by atoms with Crippen LogP contribution in [0.4, 0.5) is 0 Å². The first-order chi connectivity index (χ1) is 13.4. The third-order valence-electron chi connectivity index (χ3n) is 4.63. The minimum atomic E-state index is -0.693. The summed E-state index contributed by atoms with van der Waals surface area (Å²) in [5.74, 6) is -0.404. The van der Waals surface area contributed by atoms with Crippen LogP contribution in [0.2, 0.25) is 0 Å². The van der Waals surface area contributed by atoms with Crippen molar-refractivity contribution in [3.8, 4) is 11.6 Å². The number of aromatic amines is 1. The Bertz CT molecular complexity index is 1110. The lowest BCUT2D eigenvalue weighted by atomic mass is 10.1. The lowest BCUT2D eigenvalue weighted by molar-refractivity contribution is 0.429. The first kappa shape index (κ1) is 19.4. The van der Waals surface area contributed by atoms with Gasteiger partial charge in [-0.1, -0.05) is 55.0 Å². The number of aryl methyl sites for hydroxylation is 1. The Morgan fingerprint density at radius 3 is 2.36 bits per heavy atom. The van der Waals surface area contributed by atoms with E-state index in [1.54, 1.807) is 12.1 Å². The number of hydrogen-bond acceptors (Lipinski definition) is 4. The van der Waals surface area contributed by atoms with Crippen LogP contribution in [0.5, 0.6) is 5.88 Å². The summed E-state index contributed by atoms with van der Waals surface area (Å²) in [6.45, 7) is 5.71. The summed E-state index contributed by atoms with van der Waals surface area (Å²) in [5, 5.41) is 10.8. The number of nitrogens with zero attached hydrogens (tertiary/aromatic N) is 2. The van der Waals surface area contributed by atoms with Crippen molar-refractivity contribution < 1.29 is 5.11 Å². The van der Waals surface area contributed by atoms with Crippen molar-refractivity contribution >= 4 is 5.71 Å². The summed E-state index contributed by atoms with van der Waals surface area (Å²) in [6, 6.07) is 16.6. The Morgan fingerprint density at radius 2 is 1.75 bits per heavy atom. The van der Waals surface area contributed by atoms with Gasteiger partial charge in [-0.25, -0.2) is 9.36 Å². The van der Waals surface area contributed by atoms with Crippen LogP contribution in [0, 0.1) is 6.92 Å². The minimum absolute atomic E-state index is 0.0189. The van der Waals surface area contributed by atoms with Gasteiger partial charge in [-0.05, 0) is 38.0 Å². The van der Waals surface area contributed by atoms with Crippen molar-refractivity contribution in [2.75, 3.05) is 0 Å². The molecule has 144 valence electrons. The minimum Gasteiger partial charge on any atom is -0.493 e. The Balaban J connectivity index is 2.16. The Morgan fingerprint density at radius 1 is 1.11 bits per heavy atom. The predicted molar refractivity (Wildman–Crippen MR) is 111 cm³/mol. The van der Waals surface area contributed by atoms with Crippen LogP contribution in [-0.4, -0.2) is 20.4 Å². The maximum atomic E-state index is 12.5. The summed E-state index contributed by atoms with van der Waals surface area (Å²) < 4.78 is 1.09. The van der Waals surface area contributed by atoms with Gasteiger partial charge in [0.1, 0.15) is 5.56 Å². The molecule has 0 fully saturated rings. The van der Waals surface area contributed by atoms with Gasteiger partial charge in [-0.2, -0.15) is 0 Å². The number of hydrogen-bond donors (Lipinski definition) is 2. The molecule has 28 heavy (non-hydrogen) atoms. The second-order valence-electron chi connectivity index (χ2n) is 6.64. The topological polar surface area (TPSA) is 87.4 Å². The molecule has 0 radical (unpaired) electrons. The molecule has 0 aliphatic heterocycles. The maximum Gasteiger partial charge on any atom is 0.335 e. The maximum absolute atomic E-state index is 12.5. The van der Waals surface area contributed by atoms with E-state index in [1.165, 1.54) is 0 Å². The summed E-state index contributed by atoms with van der Waals surface area (Å²) in [4.78, 5) is 31.8. The van der Waals surface area contributed by atoms with E-state index in [0.29, 0.717) is 17.8 Å². The molecule has 0 spiro atoms. The molecule has 0 aliphatic rings. The molecule has 6 heteroatoms. The van der Waals surface area contributed by atoms with E-state index in [9.17, 15) is 14.7 Å². The number of aromatic nitrogens is 2. The second kappa shape index (κ2) is 8.08. The van der Waals surface area contributed by atoms with E-state index in [-0.39, 0.29) is 11.6 Å². The zero-order valence-electron chi connectivity index (χ0n) is 16.1. The van der Waals surface area contributed by atoms with Crippen molar-refractivity contribution in [2.45, 2.75) is 33.2 Å². The first-order valence-electron chi connectivity index (χ1n) is 9.19. The number of H-pyrrole nitrogens is 1. The third-order valence-corrected chi connectivity index (χ3v) is 4.63. The van der Waals surface area contributed by atoms with Crippen LogP contribution >= 0.6 is 0 Å². The van der Waals surface area contributed by atoms with Gasteiger partial charge in [0.2, 0.25) is 5.88 Å². The van der Waals surface area contributed by atoms with E-state index in [4.69, 9.17) is 0 Å². The highest BCUT2D eigenvalue weighted by atomic mass is 16.3. The Kier molecular flexibility index (Phi) is 5.59. The van der Waals surface area contributed by atoms with Gasteiger partial charge in [-0.3, -0.25) is 14.8 Å². The highest BCUT2D eigenvalue weighted by molar-refractivity contribution is 6.02. The number of aromatic hydroxyl groups is 1. The molecule has 0 saturated heterocycles. The molecule has 2 N–H and O–H groups in total. The predicted octanol–water partition coefficient (Wildman–Crippen LogP) is 3.50. The van der Waals surface area contributed by atoms with Gasteiger partial charge in [0.15, 0.2) is 0 Å². The van der Waals surface area contributed by atoms with Crippen LogP contribution < -0.4 is 11.2 Å². The Hall–Kier alpha value is -3.41. The molecule has 3 rings (SSSR count). The fourth-order valence-corrected chi connectivity index (χ4v) is 3.09. The average Bonchev–Trinajstić information content (AvgIpc) is 2.68. The molecular formula is C22H23N3O3. The summed E-state index contributed by atoms with van der Waals surface area (Å²) in [5.41, 5.74) is 1.61. The van der Waals surface area contributed by atoms with Crippen molar-refractivity contribution in [2.24, 2.45) is 4.99 Å². The molecule has 6 nitrogen and oxygen atoms in total. The highest BCUT2D eigenvalue weighted by Crippen LogP contribution is 2.22. The molecule has 0 saturated carbocycles. The number of rotatable bonds is 5. The van der Waals surface area contributed by atoms with Gasteiger partial charge in [0.25, 0.3) is 5.56 Å². The van der Waals surface area contributed by atoms with Gasteiger partial charge in [-0.15, -0.1) is 0 Å². The van der Waals surface area contributed by atoms with E-state index >= 15 is 0 Å². The molecule has 0 aliphatic carbocycles. The van der Waals surface area contributed by atoms with Crippen LogP contribution in [0.25, 0.3) is 5.69 Å². The molecule has 0 unspecified atom stereocenters. The van der Waals surface area contributed by atoms with E-state index in [0.717, 1.165) is 15.7 Å². The van der Waals surface area contributed by atoms with Gasteiger partial charge < -0.3 is 5.11 Å². The molecule has 1 heterocycles. The van der Waals surface area contributed by atoms with Crippen LogP contribution in [0.15, 0.2) is 69.2 Å². The van der Waals surface area contributed by atoms with Crippen LogP contribution in [0.3, 0.4) is 0 Å². The summed E-state index contributed by atoms with van der Waals surface area (Å²) in [7, 11) is 0. The largest absolute Gasteiger partial charge is 0.493 e. The van der Waals surface area contributed by atoms with Gasteiger partial charge in [0, 0.05) is 0 Å². The van der Waals surface area contributed by atoms with Gasteiger partial charge >= 0.3 is 5.69 Å². The van der Waals surface area contributed by atoms with E-state index in [2.05, 4.69) is 9.98 Å². The van der Waals surface area contributed by atoms with Gasteiger partial charge in [0.05, 0.1) is 17.4 Å². The second-order valence-corrected chi connectivity index (χ2v) is 6.64. The Labute approximate surface area is 162 Å². The van der Waals surface area contributed by atoms with E-state index < -0.39 is 17.1 Å². The SMILES string of the molecule is CCC(=N[C@@H](C)c1ccccc1)c1c(O)n(-c2ccc(C)cc2)c(=O)[nH]c1=O. The average molecular weight is 377 g/mol. The lowest BCUT2D eigenvalue weighted by Crippen LogP contribution is -2.33. The number of nitrogens with one attached hydrogen (secondary N) is 1. The standard InChI is InChI=1S/C22H23N3O3/c1-4-18(23-15(3)16-8-6-5-7-9-16)19-20(26)24-22(28)25(21(19)27)17-12-10-14(2)11-13-17/h5-13,15,27H,4H2,1-3H3,(H,24,26,28)/t15-/m0/s1. The summed E-state index contributed by atoms with van der Waals surface area (Å²) in [6.07, 6.45) is 0.430. The zero-order valence-corrected chi connectivity index (χ0v) is 16.1. The first-order valence-corrected chi connectivity index (χ1v) is 9.19. The molecule has 1 atom stereocenters. The fourth-order valence-electron chi connectivity index (χ4n) is 3.09. The monoisotopic (exact) mass is 377 g/mol. The molecule has 0 amide bonds. The van der Waals surface area contributed by atoms with Crippen LogP contribution in [-0.2, 0) is 0 Å². The van der Waals surface area contributed by atoms with Crippen LogP contribution in [0.1, 0.15) is 43.0 Å². The lowest BCUT2D eigenvalue weighted by Gasteiger charge is -2.14. The zero-order chi connectivity index (χ0) is 20.3. The van der Waals surface area contributed by atoms with Crippen molar-refractivity contribution in [1.82, 2.24) is 9.55 Å². The third kappa shape index (κ3) is 3.81. The fraction of sp³-hybridized carbons (Fsp3) is 0.227.